The van der Waals surface area contributed by atoms with Gasteiger partial charge in [-0.05, 0) is 13.8 Å². The third-order valence-corrected chi connectivity index (χ3v) is 2.35. The molecule has 0 aliphatic heterocycles. The van der Waals surface area contributed by atoms with Gasteiger partial charge in [-0.1, -0.05) is 0 Å². The lowest BCUT2D eigenvalue weighted by atomic mass is 10.2. The summed E-state index contributed by atoms with van der Waals surface area (Å²) in [5, 5.41) is 11.5. The van der Waals surface area contributed by atoms with Crippen molar-refractivity contribution < 1.29 is 4.39 Å². The van der Waals surface area contributed by atoms with Crippen LogP contribution in [0.1, 0.15) is 13.8 Å². The van der Waals surface area contributed by atoms with Gasteiger partial charge in [-0.2, -0.15) is 10.2 Å². The van der Waals surface area contributed by atoms with E-state index in [1.807, 2.05) is 6.92 Å². The van der Waals surface area contributed by atoms with Crippen LogP contribution in [0.15, 0.2) is 6.20 Å². The average molecular weight is 237 g/mol. The topological polar surface area (TPSA) is 64.8 Å². The van der Waals surface area contributed by atoms with Crippen molar-refractivity contribution >= 4 is 11.8 Å². The molecule has 0 amide bonds. The first-order chi connectivity index (χ1) is 8.12. The second-order valence-electron chi connectivity index (χ2n) is 3.68. The van der Waals surface area contributed by atoms with Gasteiger partial charge in [0.25, 0.3) is 0 Å². The number of nitrogens with one attached hydrogen (secondary N) is 1. The number of hydrogen-bond acceptors (Lipinski definition) is 5. The Morgan fingerprint density at radius 2 is 2.35 bits per heavy atom. The first-order valence-electron chi connectivity index (χ1n) is 5.47. The largest absolute Gasteiger partial charge is 0.357 e. The minimum Gasteiger partial charge on any atom is -0.357 e. The van der Waals surface area contributed by atoms with E-state index in [0.29, 0.717) is 19.0 Å². The highest BCUT2D eigenvalue weighted by molar-refractivity contribution is 5.43. The molecule has 1 aromatic heterocycles. The maximum absolute atomic E-state index is 13.6. The molecule has 1 rings (SSSR count). The average Bonchev–Trinajstić information content (AvgIpc) is 2.36. The van der Waals surface area contributed by atoms with Crippen LogP contribution < -0.4 is 10.2 Å². The van der Waals surface area contributed by atoms with Gasteiger partial charge in [-0.3, -0.25) is 0 Å². The minimum atomic E-state index is -0.476. The van der Waals surface area contributed by atoms with Crippen molar-refractivity contribution in [3.63, 3.8) is 0 Å². The van der Waals surface area contributed by atoms with Gasteiger partial charge in [0.1, 0.15) is 0 Å². The van der Waals surface area contributed by atoms with E-state index in [2.05, 4.69) is 21.4 Å². The Hall–Kier alpha value is -1.90. The number of aromatic nitrogens is 2. The molecular formula is C11H16FN5. The van der Waals surface area contributed by atoms with Crippen LogP contribution in [0.3, 0.4) is 0 Å². The summed E-state index contributed by atoms with van der Waals surface area (Å²) in [6.45, 7) is 4.72. The highest BCUT2D eigenvalue weighted by atomic mass is 19.1. The standard InChI is InChI=1S/C11H16FN5/c1-4-17(7-8(2)5-13)10-9(12)6-15-11(14-3)16-10/h6,8H,4,7H2,1-3H3,(H,14,15,16). The Bertz CT molecular complexity index is 415. The van der Waals surface area contributed by atoms with Gasteiger partial charge in [-0.15, -0.1) is 0 Å². The molecule has 6 heteroatoms. The fourth-order valence-corrected chi connectivity index (χ4v) is 1.44. The Labute approximate surface area is 100 Å². The Balaban J connectivity index is 2.98. The summed E-state index contributed by atoms with van der Waals surface area (Å²) in [6, 6.07) is 2.12. The smallest absolute Gasteiger partial charge is 0.224 e. The molecule has 1 atom stereocenters. The fraction of sp³-hybridized carbons (Fsp3) is 0.545. The molecule has 92 valence electrons. The van der Waals surface area contributed by atoms with E-state index in [4.69, 9.17) is 5.26 Å². The number of nitrogens with zero attached hydrogens (tertiary/aromatic N) is 4. The molecule has 0 saturated carbocycles. The highest BCUT2D eigenvalue weighted by Gasteiger charge is 2.15. The van der Waals surface area contributed by atoms with Crippen molar-refractivity contribution in [2.75, 3.05) is 30.4 Å². The quantitative estimate of drug-likeness (QED) is 0.843. The van der Waals surface area contributed by atoms with Gasteiger partial charge in [0.2, 0.25) is 5.95 Å². The first kappa shape index (κ1) is 13.2. The van der Waals surface area contributed by atoms with E-state index in [1.54, 1.807) is 18.9 Å². The zero-order valence-corrected chi connectivity index (χ0v) is 10.2. The van der Waals surface area contributed by atoms with Crippen LogP contribution in [-0.4, -0.2) is 30.1 Å². The fourth-order valence-electron chi connectivity index (χ4n) is 1.44. The predicted molar refractivity (Wildman–Crippen MR) is 64.2 cm³/mol. The highest BCUT2D eigenvalue weighted by Crippen LogP contribution is 2.18. The minimum absolute atomic E-state index is 0.178. The first-order valence-corrected chi connectivity index (χ1v) is 5.47. The van der Waals surface area contributed by atoms with Crippen LogP contribution in [0, 0.1) is 23.1 Å². The lowest BCUT2D eigenvalue weighted by Gasteiger charge is -2.23. The molecule has 1 heterocycles. The van der Waals surface area contributed by atoms with Gasteiger partial charge in [0, 0.05) is 20.1 Å². The number of halogens is 1. The predicted octanol–water partition coefficient (Wildman–Crippen LogP) is 1.64. The molecule has 0 bridgehead atoms. The van der Waals surface area contributed by atoms with Crippen molar-refractivity contribution in [2.45, 2.75) is 13.8 Å². The SMILES string of the molecule is CCN(CC(C)C#N)c1nc(NC)ncc1F. The molecule has 0 fully saturated rings. The van der Waals surface area contributed by atoms with Crippen molar-refractivity contribution in [2.24, 2.45) is 5.92 Å². The molecule has 5 nitrogen and oxygen atoms in total. The third-order valence-electron chi connectivity index (χ3n) is 2.35. The summed E-state index contributed by atoms with van der Waals surface area (Å²) < 4.78 is 13.6. The summed E-state index contributed by atoms with van der Waals surface area (Å²) in [4.78, 5) is 9.58. The van der Waals surface area contributed by atoms with Gasteiger partial charge in [-0.25, -0.2) is 9.37 Å². The molecule has 0 saturated heterocycles. The zero-order chi connectivity index (χ0) is 12.8. The van der Waals surface area contributed by atoms with E-state index >= 15 is 0 Å². The summed E-state index contributed by atoms with van der Waals surface area (Å²) in [5.74, 6) is -0.0586. The van der Waals surface area contributed by atoms with Gasteiger partial charge in [0.05, 0.1) is 18.2 Å². The van der Waals surface area contributed by atoms with Gasteiger partial charge in [0.15, 0.2) is 11.6 Å². The van der Waals surface area contributed by atoms with E-state index in [0.717, 1.165) is 6.20 Å². The third kappa shape index (κ3) is 3.28. The van der Waals surface area contributed by atoms with Crippen LogP contribution >= 0.6 is 0 Å². The van der Waals surface area contributed by atoms with Crippen molar-refractivity contribution in [3.05, 3.63) is 12.0 Å². The molecule has 1 aromatic rings. The second-order valence-corrected chi connectivity index (χ2v) is 3.68. The van der Waals surface area contributed by atoms with Crippen LogP contribution in [0.5, 0.6) is 0 Å². The molecule has 17 heavy (non-hydrogen) atoms. The summed E-state index contributed by atoms with van der Waals surface area (Å²) >= 11 is 0. The van der Waals surface area contributed by atoms with E-state index in [9.17, 15) is 4.39 Å². The van der Waals surface area contributed by atoms with Crippen molar-refractivity contribution in [1.29, 1.82) is 5.26 Å². The monoisotopic (exact) mass is 237 g/mol. The lowest BCUT2D eigenvalue weighted by Crippen LogP contribution is -2.29. The van der Waals surface area contributed by atoms with Crippen LogP contribution in [0.25, 0.3) is 0 Å². The summed E-state index contributed by atoms with van der Waals surface area (Å²) in [5.41, 5.74) is 0. The maximum Gasteiger partial charge on any atom is 0.224 e. The summed E-state index contributed by atoms with van der Waals surface area (Å²) in [7, 11) is 1.67. The molecule has 0 spiro atoms. The molecule has 0 aliphatic rings. The Morgan fingerprint density at radius 3 is 2.88 bits per heavy atom. The Morgan fingerprint density at radius 1 is 1.65 bits per heavy atom. The number of hydrogen-bond donors (Lipinski definition) is 1. The van der Waals surface area contributed by atoms with Gasteiger partial charge < -0.3 is 10.2 Å². The normalized spacial score (nSPS) is 11.7. The van der Waals surface area contributed by atoms with Crippen LogP contribution in [0.2, 0.25) is 0 Å². The Kier molecular flexibility index (Phi) is 4.64. The second kappa shape index (κ2) is 5.99. The van der Waals surface area contributed by atoms with Crippen LogP contribution in [0.4, 0.5) is 16.2 Å². The molecule has 0 aliphatic carbocycles. The lowest BCUT2D eigenvalue weighted by molar-refractivity contribution is 0.592. The van der Waals surface area contributed by atoms with Crippen molar-refractivity contribution in [3.8, 4) is 6.07 Å². The van der Waals surface area contributed by atoms with E-state index < -0.39 is 5.82 Å². The van der Waals surface area contributed by atoms with Crippen molar-refractivity contribution in [1.82, 2.24) is 9.97 Å². The maximum atomic E-state index is 13.6. The molecule has 1 N–H and O–H groups in total. The molecular weight excluding hydrogens is 221 g/mol. The summed E-state index contributed by atoms with van der Waals surface area (Å²) in [6.07, 6.45) is 1.13. The molecule has 1 unspecified atom stereocenters. The number of nitriles is 1. The van der Waals surface area contributed by atoms with Crippen LogP contribution in [-0.2, 0) is 0 Å². The molecule has 0 radical (unpaired) electrons. The van der Waals surface area contributed by atoms with Gasteiger partial charge >= 0.3 is 0 Å². The zero-order valence-electron chi connectivity index (χ0n) is 10.2. The molecule has 0 aromatic carbocycles. The van der Waals surface area contributed by atoms with E-state index in [-0.39, 0.29) is 11.7 Å². The van der Waals surface area contributed by atoms with E-state index in [1.165, 1.54) is 0 Å². The number of anilines is 2. The number of rotatable bonds is 5.